The van der Waals surface area contributed by atoms with Crippen molar-refractivity contribution in [3.05, 3.63) is 63.8 Å². The normalized spacial score (nSPS) is 10.7. The minimum Gasteiger partial charge on any atom is -0.449 e. The monoisotopic (exact) mass is 350 g/mol. The summed E-state index contributed by atoms with van der Waals surface area (Å²) in [6.45, 7) is 0. The second kappa shape index (κ2) is 5.31. The van der Waals surface area contributed by atoms with Crippen molar-refractivity contribution >= 4 is 44.5 Å². The molecule has 0 spiro atoms. The molecule has 0 N–H and O–H groups in total. The van der Waals surface area contributed by atoms with Crippen LogP contribution in [0.15, 0.2) is 57.4 Å². The minimum atomic E-state index is -0.578. The third-order valence-corrected chi connectivity index (χ3v) is 3.52. The largest absolute Gasteiger partial charge is 0.449 e. The predicted octanol–water partition coefficient (Wildman–Crippen LogP) is 5.07. The number of rotatable bonds is 2. The first-order valence-electron chi connectivity index (χ1n) is 5.79. The third kappa shape index (κ3) is 2.57. The first kappa shape index (κ1) is 13.2. The van der Waals surface area contributed by atoms with Crippen molar-refractivity contribution in [2.45, 2.75) is 0 Å². The molecule has 0 unspecified atom stereocenters. The first-order valence-corrected chi connectivity index (χ1v) is 6.96. The predicted molar refractivity (Wildman–Crippen MR) is 80.3 cm³/mol. The fourth-order valence-electron chi connectivity index (χ4n) is 1.79. The summed E-state index contributed by atoms with van der Waals surface area (Å²) in [5.41, 5.74) is 0.624. The molecule has 0 aliphatic rings. The second-order valence-corrected chi connectivity index (χ2v) is 5.44. The molecular weight excluding hydrogens is 344 g/mol. The lowest BCUT2D eigenvalue weighted by atomic mass is 10.2. The lowest BCUT2D eigenvalue weighted by Crippen LogP contribution is -2.07. The Balaban J connectivity index is 1.91. The number of fused-ring (bicyclic) bond motifs is 1. The average molecular weight is 352 g/mol. The number of furan rings is 1. The zero-order valence-corrected chi connectivity index (χ0v) is 12.4. The van der Waals surface area contributed by atoms with Crippen LogP contribution in [0.1, 0.15) is 10.6 Å². The SMILES string of the molecule is O=C(Oc1ccccc1Cl)c1cc2cc(Br)ccc2o1. The number of carbonyl (C=O) groups is 1. The van der Waals surface area contributed by atoms with E-state index in [0.717, 1.165) is 9.86 Å². The van der Waals surface area contributed by atoms with Gasteiger partial charge in [0, 0.05) is 9.86 Å². The Kier molecular flexibility index (Phi) is 3.51. The lowest BCUT2D eigenvalue weighted by Gasteiger charge is -2.03. The first-order chi connectivity index (χ1) is 9.63. The molecule has 3 rings (SSSR count). The van der Waals surface area contributed by atoms with E-state index in [0.29, 0.717) is 16.4 Å². The summed E-state index contributed by atoms with van der Waals surface area (Å²) in [5, 5.41) is 1.20. The van der Waals surface area contributed by atoms with Crippen molar-refractivity contribution < 1.29 is 13.9 Å². The Hall–Kier alpha value is -1.78. The van der Waals surface area contributed by atoms with Crippen molar-refractivity contribution in [1.29, 1.82) is 0 Å². The van der Waals surface area contributed by atoms with Crippen LogP contribution in [0.25, 0.3) is 11.0 Å². The number of hydrogen-bond donors (Lipinski definition) is 0. The van der Waals surface area contributed by atoms with Gasteiger partial charge in [-0.3, -0.25) is 0 Å². The Morgan fingerprint density at radius 2 is 1.95 bits per heavy atom. The number of benzene rings is 2. The van der Waals surface area contributed by atoms with Gasteiger partial charge in [-0.2, -0.15) is 0 Å². The van der Waals surface area contributed by atoms with Gasteiger partial charge in [0.1, 0.15) is 11.3 Å². The van der Waals surface area contributed by atoms with Gasteiger partial charge in [-0.15, -0.1) is 0 Å². The molecule has 100 valence electrons. The maximum Gasteiger partial charge on any atom is 0.379 e. The number of halogens is 2. The van der Waals surface area contributed by atoms with Gasteiger partial charge in [-0.25, -0.2) is 4.79 Å². The van der Waals surface area contributed by atoms with E-state index in [2.05, 4.69) is 15.9 Å². The molecular formula is C15H8BrClO3. The molecule has 0 saturated carbocycles. The van der Waals surface area contributed by atoms with E-state index >= 15 is 0 Å². The molecule has 20 heavy (non-hydrogen) atoms. The van der Waals surface area contributed by atoms with E-state index in [9.17, 15) is 4.79 Å². The van der Waals surface area contributed by atoms with Crippen molar-refractivity contribution in [2.24, 2.45) is 0 Å². The van der Waals surface area contributed by atoms with Gasteiger partial charge >= 0.3 is 5.97 Å². The van der Waals surface area contributed by atoms with Gasteiger partial charge in [0.2, 0.25) is 5.76 Å². The van der Waals surface area contributed by atoms with Crippen LogP contribution < -0.4 is 4.74 Å². The summed E-state index contributed by atoms with van der Waals surface area (Å²) >= 11 is 9.31. The van der Waals surface area contributed by atoms with Gasteiger partial charge in [0.05, 0.1) is 5.02 Å². The Morgan fingerprint density at radius 1 is 1.15 bits per heavy atom. The molecule has 1 aromatic heterocycles. The smallest absolute Gasteiger partial charge is 0.379 e. The summed E-state index contributed by atoms with van der Waals surface area (Å²) in [4.78, 5) is 12.0. The molecule has 0 radical (unpaired) electrons. The Morgan fingerprint density at radius 3 is 2.75 bits per heavy atom. The molecule has 2 aromatic carbocycles. The molecule has 3 aromatic rings. The molecule has 0 aliphatic heterocycles. The molecule has 0 fully saturated rings. The van der Waals surface area contributed by atoms with Crippen molar-refractivity contribution in [3.8, 4) is 5.75 Å². The zero-order chi connectivity index (χ0) is 14.1. The number of para-hydroxylation sites is 1. The zero-order valence-electron chi connectivity index (χ0n) is 10.1. The summed E-state index contributed by atoms with van der Waals surface area (Å²) in [6, 6.07) is 13.9. The molecule has 1 heterocycles. The Bertz CT molecular complexity index is 795. The van der Waals surface area contributed by atoms with Gasteiger partial charge in [-0.05, 0) is 36.4 Å². The van der Waals surface area contributed by atoms with Crippen LogP contribution in [-0.4, -0.2) is 5.97 Å². The topological polar surface area (TPSA) is 39.4 Å². The molecule has 0 aliphatic carbocycles. The van der Waals surface area contributed by atoms with Crippen LogP contribution >= 0.6 is 27.5 Å². The highest BCUT2D eigenvalue weighted by atomic mass is 79.9. The minimum absolute atomic E-state index is 0.137. The second-order valence-electron chi connectivity index (χ2n) is 4.11. The lowest BCUT2D eigenvalue weighted by molar-refractivity contribution is 0.0704. The van der Waals surface area contributed by atoms with E-state index in [4.69, 9.17) is 20.8 Å². The summed E-state index contributed by atoms with van der Waals surface area (Å²) < 4.78 is 11.6. The summed E-state index contributed by atoms with van der Waals surface area (Å²) in [6.07, 6.45) is 0. The molecule has 3 nitrogen and oxygen atoms in total. The van der Waals surface area contributed by atoms with Gasteiger partial charge in [-0.1, -0.05) is 39.7 Å². The molecule has 0 saturated heterocycles. The van der Waals surface area contributed by atoms with E-state index in [1.54, 1.807) is 36.4 Å². The van der Waals surface area contributed by atoms with Crippen LogP contribution in [0.3, 0.4) is 0 Å². The van der Waals surface area contributed by atoms with E-state index < -0.39 is 5.97 Å². The number of carbonyl (C=O) groups excluding carboxylic acids is 1. The highest BCUT2D eigenvalue weighted by Crippen LogP contribution is 2.27. The average Bonchev–Trinajstić information content (AvgIpc) is 2.84. The van der Waals surface area contributed by atoms with Crippen LogP contribution in [0.4, 0.5) is 0 Å². The van der Waals surface area contributed by atoms with Crippen LogP contribution in [0, 0.1) is 0 Å². The standard InChI is InChI=1S/C15H8BrClO3/c16-10-5-6-12-9(7-10)8-14(19-12)15(18)20-13-4-2-1-3-11(13)17/h1-8H. The van der Waals surface area contributed by atoms with Gasteiger partial charge < -0.3 is 9.15 Å². The van der Waals surface area contributed by atoms with Crippen LogP contribution in [0.5, 0.6) is 5.75 Å². The maximum atomic E-state index is 12.0. The highest BCUT2D eigenvalue weighted by molar-refractivity contribution is 9.10. The van der Waals surface area contributed by atoms with Crippen LogP contribution in [-0.2, 0) is 0 Å². The summed E-state index contributed by atoms with van der Waals surface area (Å²) in [5.74, 6) is -0.135. The van der Waals surface area contributed by atoms with Crippen molar-refractivity contribution in [1.82, 2.24) is 0 Å². The van der Waals surface area contributed by atoms with E-state index in [1.165, 1.54) is 0 Å². The van der Waals surface area contributed by atoms with Crippen molar-refractivity contribution in [2.75, 3.05) is 0 Å². The fraction of sp³-hybridized carbons (Fsp3) is 0. The number of esters is 1. The quantitative estimate of drug-likeness (QED) is 0.478. The fourth-order valence-corrected chi connectivity index (χ4v) is 2.35. The van der Waals surface area contributed by atoms with Gasteiger partial charge in [0.15, 0.2) is 0 Å². The third-order valence-electron chi connectivity index (χ3n) is 2.72. The highest BCUT2D eigenvalue weighted by Gasteiger charge is 2.16. The number of hydrogen-bond acceptors (Lipinski definition) is 3. The van der Waals surface area contributed by atoms with Crippen LogP contribution in [0.2, 0.25) is 5.02 Å². The van der Waals surface area contributed by atoms with E-state index in [1.807, 2.05) is 12.1 Å². The molecule has 0 atom stereocenters. The summed E-state index contributed by atoms with van der Waals surface area (Å²) in [7, 11) is 0. The van der Waals surface area contributed by atoms with Gasteiger partial charge in [0.25, 0.3) is 0 Å². The molecule has 5 heteroatoms. The Labute approximate surface area is 128 Å². The maximum absolute atomic E-state index is 12.0. The van der Waals surface area contributed by atoms with E-state index in [-0.39, 0.29) is 5.76 Å². The molecule has 0 amide bonds. The number of ether oxygens (including phenoxy) is 1. The van der Waals surface area contributed by atoms with Crippen molar-refractivity contribution in [3.63, 3.8) is 0 Å². The molecule has 0 bridgehead atoms.